The Hall–Kier alpha value is -4.08. The first kappa shape index (κ1) is 26.0. The molecule has 1 fully saturated rings. The van der Waals surface area contributed by atoms with Gasteiger partial charge < -0.3 is 20.1 Å². The minimum Gasteiger partial charge on any atom is -0.493 e. The Morgan fingerprint density at radius 1 is 1.05 bits per heavy atom. The van der Waals surface area contributed by atoms with Crippen LogP contribution in [0.1, 0.15) is 11.1 Å². The number of amides is 4. The average Bonchev–Trinajstić information content (AvgIpc) is 3.13. The van der Waals surface area contributed by atoms with Crippen molar-refractivity contribution in [2.24, 2.45) is 0 Å². The molecule has 0 atom stereocenters. The molecule has 3 aromatic carbocycles. The third kappa shape index (κ3) is 6.19. The van der Waals surface area contributed by atoms with Crippen LogP contribution in [0.15, 0.2) is 66.4 Å². The number of nitrogens with one attached hydrogen (secondary N) is 2. The van der Waals surface area contributed by atoms with E-state index in [4.69, 9.17) is 32.7 Å². The molecule has 8 nitrogen and oxygen atoms in total. The molecule has 4 rings (SSSR count). The largest absolute Gasteiger partial charge is 0.493 e. The van der Waals surface area contributed by atoms with Gasteiger partial charge in [-0.2, -0.15) is 0 Å². The van der Waals surface area contributed by atoms with Crippen LogP contribution in [-0.2, 0) is 16.2 Å². The van der Waals surface area contributed by atoms with Gasteiger partial charge in [-0.15, -0.1) is 0 Å². The minimum absolute atomic E-state index is 0.0322. The van der Waals surface area contributed by atoms with E-state index in [1.165, 1.54) is 31.4 Å². The highest BCUT2D eigenvalue weighted by Crippen LogP contribution is 2.31. The smallest absolute Gasteiger partial charge is 0.329 e. The van der Waals surface area contributed by atoms with E-state index < -0.39 is 30.2 Å². The molecule has 0 saturated carbocycles. The number of imide groups is 1. The molecule has 11 heteroatoms. The highest BCUT2D eigenvalue weighted by atomic mass is 35.5. The van der Waals surface area contributed by atoms with E-state index in [0.29, 0.717) is 27.1 Å². The Kier molecular flexibility index (Phi) is 7.95. The molecule has 0 unspecified atom stereocenters. The van der Waals surface area contributed by atoms with Crippen LogP contribution in [0.25, 0.3) is 6.08 Å². The first-order chi connectivity index (χ1) is 17.7. The molecule has 1 saturated heterocycles. The van der Waals surface area contributed by atoms with Crippen molar-refractivity contribution in [1.82, 2.24) is 10.2 Å². The van der Waals surface area contributed by atoms with E-state index in [0.717, 1.165) is 10.5 Å². The summed E-state index contributed by atoms with van der Waals surface area (Å²) in [6.45, 7) is -0.368. The Bertz CT molecular complexity index is 1410. The topological polar surface area (TPSA) is 97.0 Å². The first-order valence-corrected chi connectivity index (χ1v) is 11.6. The summed E-state index contributed by atoms with van der Waals surface area (Å²) in [5, 5.41) is 5.64. The SMILES string of the molecule is COc1cc(/C=C2/NC(=O)N(CC(=O)Nc3ccccc3F)C2=O)ccc1OCc1ccc(Cl)c(Cl)c1. The fourth-order valence-electron chi connectivity index (χ4n) is 3.46. The van der Waals surface area contributed by atoms with E-state index in [1.807, 2.05) is 0 Å². The lowest BCUT2D eigenvalue weighted by atomic mass is 10.1. The third-order valence-corrected chi connectivity index (χ3v) is 6.03. The normalized spacial score (nSPS) is 14.1. The van der Waals surface area contributed by atoms with Gasteiger partial charge in [0.15, 0.2) is 11.5 Å². The molecule has 190 valence electrons. The number of methoxy groups -OCH3 is 1. The molecule has 0 aliphatic carbocycles. The van der Waals surface area contributed by atoms with Gasteiger partial charge in [-0.1, -0.05) is 47.5 Å². The van der Waals surface area contributed by atoms with Gasteiger partial charge in [-0.3, -0.25) is 9.59 Å². The molecule has 4 amide bonds. The van der Waals surface area contributed by atoms with Crippen LogP contribution in [0.5, 0.6) is 11.5 Å². The van der Waals surface area contributed by atoms with Gasteiger partial charge in [0.05, 0.1) is 22.8 Å². The summed E-state index contributed by atoms with van der Waals surface area (Å²) in [5.74, 6) is -1.21. The van der Waals surface area contributed by atoms with Crippen LogP contribution >= 0.6 is 23.2 Å². The van der Waals surface area contributed by atoms with E-state index in [1.54, 1.807) is 42.5 Å². The van der Waals surface area contributed by atoms with Crippen LogP contribution in [0.4, 0.5) is 14.9 Å². The quantitative estimate of drug-likeness (QED) is 0.298. The number of carbonyl (C=O) groups excluding carboxylic acids is 3. The maximum absolute atomic E-state index is 13.8. The Morgan fingerprint density at radius 3 is 2.57 bits per heavy atom. The number of para-hydroxylation sites is 1. The number of nitrogens with zero attached hydrogens (tertiary/aromatic N) is 1. The number of halogens is 3. The monoisotopic (exact) mass is 543 g/mol. The van der Waals surface area contributed by atoms with Crippen molar-refractivity contribution < 1.29 is 28.2 Å². The predicted molar refractivity (Wildman–Crippen MR) is 137 cm³/mol. The van der Waals surface area contributed by atoms with Crippen LogP contribution in [-0.4, -0.2) is 36.4 Å². The predicted octanol–water partition coefficient (Wildman–Crippen LogP) is 5.25. The van der Waals surface area contributed by atoms with Gasteiger partial charge in [0.1, 0.15) is 24.7 Å². The summed E-state index contributed by atoms with van der Waals surface area (Å²) in [6.07, 6.45) is 1.44. The van der Waals surface area contributed by atoms with Gasteiger partial charge in [-0.25, -0.2) is 14.1 Å². The van der Waals surface area contributed by atoms with Crippen LogP contribution in [0.2, 0.25) is 10.0 Å². The Balaban J connectivity index is 1.43. The standard InChI is InChI=1S/C26H20Cl2FN3O5/c1-36-23-12-15(7-9-22(23)37-14-16-6-8-17(27)18(28)10-16)11-21-25(34)32(26(35)31-21)13-24(33)30-20-5-3-2-4-19(20)29/h2-12H,13-14H2,1H3,(H,30,33)(H,31,35)/b21-11+. The Morgan fingerprint density at radius 2 is 1.84 bits per heavy atom. The van der Waals surface area contributed by atoms with E-state index >= 15 is 0 Å². The molecule has 1 aliphatic rings. The summed E-state index contributed by atoms with van der Waals surface area (Å²) < 4.78 is 25.0. The van der Waals surface area contributed by atoms with Crippen molar-refractivity contribution in [3.63, 3.8) is 0 Å². The fraction of sp³-hybridized carbons (Fsp3) is 0.115. The Labute approximate surface area is 221 Å². The zero-order valence-electron chi connectivity index (χ0n) is 19.4. The third-order valence-electron chi connectivity index (χ3n) is 5.29. The van der Waals surface area contributed by atoms with E-state index in [-0.39, 0.29) is 18.0 Å². The molecule has 0 bridgehead atoms. The second-order valence-corrected chi connectivity index (χ2v) is 8.67. The minimum atomic E-state index is -0.770. The van der Waals surface area contributed by atoms with Crippen molar-refractivity contribution in [2.75, 3.05) is 19.0 Å². The van der Waals surface area contributed by atoms with Crippen molar-refractivity contribution >= 4 is 52.8 Å². The summed E-state index contributed by atoms with van der Waals surface area (Å²) in [6, 6.07) is 14.9. The molecule has 1 aliphatic heterocycles. The van der Waals surface area contributed by atoms with Crippen LogP contribution in [0.3, 0.4) is 0 Å². The van der Waals surface area contributed by atoms with Gasteiger partial charge in [0.2, 0.25) is 5.91 Å². The van der Waals surface area contributed by atoms with Crippen molar-refractivity contribution in [2.45, 2.75) is 6.61 Å². The first-order valence-electron chi connectivity index (χ1n) is 10.9. The molecular weight excluding hydrogens is 524 g/mol. The molecule has 0 spiro atoms. The van der Waals surface area contributed by atoms with Crippen LogP contribution < -0.4 is 20.1 Å². The van der Waals surface area contributed by atoms with Gasteiger partial charge >= 0.3 is 6.03 Å². The average molecular weight is 544 g/mol. The number of rotatable bonds is 8. The van der Waals surface area contributed by atoms with Crippen molar-refractivity contribution in [3.05, 3.63) is 93.4 Å². The maximum Gasteiger partial charge on any atom is 0.329 e. The molecule has 2 N–H and O–H groups in total. The highest BCUT2D eigenvalue weighted by molar-refractivity contribution is 6.42. The van der Waals surface area contributed by atoms with Gasteiger partial charge in [-0.05, 0) is 53.6 Å². The lowest BCUT2D eigenvalue weighted by Gasteiger charge is -2.12. The number of carbonyl (C=O) groups is 3. The summed E-state index contributed by atoms with van der Waals surface area (Å²) in [7, 11) is 1.47. The van der Waals surface area contributed by atoms with Crippen molar-refractivity contribution in [1.29, 1.82) is 0 Å². The number of hydrogen-bond donors (Lipinski definition) is 2. The summed E-state index contributed by atoms with van der Waals surface area (Å²) in [5.41, 5.74) is 1.26. The summed E-state index contributed by atoms with van der Waals surface area (Å²) >= 11 is 12.0. The molecule has 1 heterocycles. The molecule has 37 heavy (non-hydrogen) atoms. The molecule has 3 aromatic rings. The number of anilines is 1. The summed E-state index contributed by atoms with van der Waals surface area (Å²) in [4.78, 5) is 38.1. The second-order valence-electron chi connectivity index (χ2n) is 7.85. The lowest BCUT2D eigenvalue weighted by Crippen LogP contribution is -2.38. The zero-order valence-corrected chi connectivity index (χ0v) is 20.9. The second kappa shape index (κ2) is 11.3. The maximum atomic E-state index is 13.8. The van der Waals surface area contributed by atoms with Gasteiger partial charge in [0, 0.05) is 0 Å². The molecule has 0 aromatic heterocycles. The van der Waals surface area contributed by atoms with Gasteiger partial charge in [0.25, 0.3) is 5.91 Å². The lowest BCUT2D eigenvalue weighted by molar-refractivity contribution is -0.127. The van der Waals surface area contributed by atoms with Crippen LogP contribution in [0, 0.1) is 5.82 Å². The molecular formula is C26H20Cl2FN3O5. The van der Waals surface area contributed by atoms with Crippen molar-refractivity contribution in [3.8, 4) is 11.5 Å². The number of ether oxygens (including phenoxy) is 2. The number of urea groups is 1. The van der Waals surface area contributed by atoms with E-state index in [2.05, 4.69) is 10.6 Å². The number of benzene rings is 3. The zero-order chi connectivity index (χ0) is 26.5. The molecule has 0 radical (unpaired) electrons. The van der Waals surface area contributed by atoms with E-state index in [9.17, 15) is 18.8 Å². The fourth-order valence-corrected chi connectivity index (χ4v) is 3.78. The number of hydrogen-bond acceptors (Lipinski definition) is 5. The highest BCUT2D eigenvalue weighted by Gasteiger charge is 2.35.